The third kappa shape index (κ3) is 3.20. The van der Waals surface area contributed by atoms with Crippen LogP contribution in [0.4, 0.5) is 4.39 Å². The highest BCUT2D eigenvalue weighted by Gasteiger charge is 2.10. The van der Waals surface area contributed by atoms with Crippen molar-refractivity contribution in [2.45, 2.75) is 19.8 Å². The summed E-state index contributed by atoms with van der Waals surface area (Å²) in [7, 11) is 0. The van der Waals surface area contributed by atoms with E-state index in [0.717, 1.165) is 0 Å². The highest BCUT2D eigenvalue weighted by atomic mass is 35.5. The second-order valence-corrected chi connectivity index (χ2v) is 5.28. The van der Waals surface area contributed by atoms with Gasteiger partial charge >= 0.3 is 0 Å². The summed E-state index contributed by atoms with van der Waals surface area (Å²) in [5.74, 6) is 0.645. The molecular formula is C15H13Cl2FO. The number of rotatable bonds is 3. The first-order valence-electron chi connectivity index (χ1n) is 5.90. The van der Waals surface area contributed by atoms with Crippen LogP contribution in [0.1, 0.15) is 25.3 Å². The molecule has 0 bridgehead atoms. The minimum absolute atomic E-state index is 0.129. The number of halogens is 3. The molecule has 0 heterocycles. The van der Waals surface area contributed by atoms with Crippen molar-refractivity contribution in [2.75, 3.05) is 0 Å². The van der Waals surface area contributed by atoms with Crippen molar-refractivity contribution in [3.05, 3.63) is 57.8 Å². The molecule has 0 aliphatic rings. The first-order valence-corrected chi connectivity index (χ1v) is 6.66. The molecule has 100 valence electrons. The smallest absolute Gasteiger partial charge is 0.147 e. The molecule has 0 N–H and O–H groups in total. The Morgan fingerprint density at radius 3 is 2.47 bits per heavy atom. The van der Waals surface area contributed by atoms with E-state index in [-0.39, 0.29) is 11.7 Å². The monoisotopic (exact) mass is 298 g/mol. The van der Waals surface area contributed by atoms with Crippen LogP contribution in [0.2, 0.25) is 10.0 Å². The Morgan fingerprint density at radius 2 is 1.84 bits per heavy atom. The lowest BCUT2D eigenvalue weighted by Crippen LogP contribution is -1.94. The quantitative estimate of drug-likeness (QED) is 0.670. The van der Waals surface area contributed by atoms with Gasteiger partial charge in [-0.25, -0.2) is 4.39 Å². The standard InChI is InChI=1S/C15H13Cl2FO/c1-9(2)11-7-6-10(8-13(11)18)19-14-5-3-4-12(16)15(14)17/h3-9H,1-2H3. The molecule has 2 rings (SSSR count). The van der Waals surface area contributed by atoms with Crippen LogP contribution in [0.15, 0.2) is 36.4 Å². The summed E-state index contributed by atoms with van der Waals surface area (Å²) in [6, 6.07) is 9.86. The summed E-state index contributed by atoms with van der Waals surface area (Å²) in [4.78, 5) is 0. The largest absolute Gasteiger partial charge is 0.456 e. The van der Waals surface area contributed by atoms with Crippen LogP contribution in [0, 0.1) is 5.82 Å². The van der Waals surface area contributed by atoms with E-state index in [4.69, 9.17) is 27.9 Å². The van der Waals surface area contributed by atoms with Gasteiger partial charge in [-0.3, -0.25) is 0 Å². The van der Waals surface area contributed by atoms with E-state index in [1.54, 1.807) is 30.3 Å². The summed E-state index contributed by atoms with van der Waals surface area (Å²) in [5, 5.41) is 0.718. The third-order valence-corrected chi connectivity index (χ3v) is 3.54. The molecule has 0 amide bonds. The zero-order valence-electron chi connectivity index (χ0n) is 10.6. The molecule has 1 nitrogen and oxygen atoms in total. The molecule has 2 aromatic carbocycles. The van der Waals surface area contributed by atoms with E-state index < -0.39 is 0 Å². The molecule has 0 aromatic heterocycles. The average molecular weight is 299 g/mol. The Hall–Kier alpha value is -1.25. The van der Waals surface area contributed by atoms with Gasteiger partial charge in [0.05, 0.1) is 5.02 Å². The molecule has 0 aliphatic heterocycles. The van der Waals surface area contributed by atoms with Crippen LogP contribution in [-0.2, 0) is 0 Å². The first-order chi connectivity index (χ1) is 8.99. The SMILES string of the molecule is CC(C)c1ccc(Oc2cccc(Cl)c2Cl)cc1F. The van der Waals surface area contributed by atoms with Crippen LogP contribution in [0.3, 0.4) is 0 Å². The first kappa shape index (κ1) is 14.2. The minimum Gasteiger partial charge on any atom is -0.456 e. The fraction of sp³-hybridized carbons (Fsp3) is 0.200. The lowest BCUT2D eigenvalue weighted by atomic mass is 10.0. The van der Waals surface area contributed by atoms with Crippen molar-refractivity contribution in [2.24, 2.45) is 0 Å². The molecule has 0 radical (unpaired) electrons. The number of hydrogen-bond acceptors (Lipinski definition) is 1. The van der Waals surface area contributed by atoms with Crippen LogP contribution in [0.5, 0.6) is 11.5 Å². The maximum atomic E-state index is 13.8. The Bertz CT molecular complexity index is 597. The van der Waals surface area contributed by atoms with Crippen molar-refractivity contribution in [3.63, 3.8) is 0 Å². The predicted molar refractivity (Wildman–Crippen MR) is 77.0 cm³/mol. The molecule has 0 atom stereocenters. The fourth-order valence-electron chi connectivity index (χ4n) is 1.73. The highest BCUT2D eigenvalue weighted by Crippen LogP contribution is 2.35. The van der Waals surface area contributed by atoms with Crippen LogP contribution >= 0.6 is 23.2 Å². The van der Waals surface area contributed by atoms with E-state index in [2.05, 4.69) is 0 Å². The van der Waals surface area contributed by atoms with Crippen molar-refractivity contribution in [3.8, 4) is 11.5 Å². The van der Waals surface area contributed by atoms with Crippen molar-refractivity contribution >= 4 is 23.2 Å². The van der Waals surface area contributed by atoms with Crippen LogP contribution < -0.4 is 4.74 Å². The molecule has 0 saturated heterocycles. The normalized spacial score (nSPS) is 10.8. The van der Waals surface area contributed by atoms with E-state index in [0.29, 0.717) is 27.1 Å². The molecule has 0 saturated carbocycles. The topological polar surface area (TPSA) is 9.23 Å². The van der Waals surface area contributed by atoms with Gasteiger partial charge in [-0.2, -0.15) is 0 Å². The van der Waals surface area contributed by atoms with Crippen molar-refractivity contribution in [1.82, 2.24) is 0 Å². The zero-order chi connectivity index (χ0) is 14.0. The Labute approximate surface area is 121 Å². The van der Waals surface area contributed by atoms with Gasteiger partial charge in [0, 0.05) is 6.07 Å². The van der Waals surface area contributed by atoms with Gasteiger partial charge in [-0.05, 0) is 29.7 Å². The van der Waals surface area contributed by atoms with Gasteiger partial charge in [-0.1, -0.05) is 49.2 Å². The molecular weight excluding hydrogens is 286 g/mol. The number of ether oxygens (including phenoxy) is 1. The van der Waals surface area contributed by atoms with E-state index in [1.807, 2.05) is 13.8 Å². The molecule has 0 unspecified atom stereocenters. The van der Waals surface area contributed by atoms with Gasteiger partial charge in [0.15, 0.2) is 0 Å². The van der Waals surface area contributed by atoms with Crippen molar-refractivity contribution < 1.29 is 9.13 Å². The van der Waals surface area contributed by atoms with E-state index in [1.165, 1.54) is 6.07 Å². The van der Waals surface area contributed by atoms with Crippen molar-refractivity contribution in [1.29, 1.82) is 0 Å². The van der Waals surface area contributed by atoms with Gasteiger partial charge in [0.2, 0.25) is 0 Å². The molecule has 0 aliphatic carbocycles. The minimum atomic E-state index is -0.286. The second-order valence-electron chi connectivity index (χ2n) is 4.49. The summed E-state index contributed by atoms with van der Waals surface area (Å²) in [6.07, 6.45) is 0. The zero-order valence-corrected chi connectivity index (χ0v) is 12.1. The third-order valence-electron chi connectivity index (χ3n) is 2.74. The van der Waals surface area contributed by atoms with Crippen LogP contribution in [-0.4, -0.2) is 0 Å². The predicted octanol–water partition coefficient (Wildman–Crippen LogP) is 6.05. The molecule has 4 heteroatoms. The summed E-state index contributed by atoms with van der Waals surface area (Å²) in [5.41, 5.74) is 0.657. The lowest BCUT2D eigenvalue weighted by molar-refractivity contribution is 0.475. The fourth-order valence-corrected chi connectivity index (χ4v) is 2.06. The summed E-state index contributed by atoms with van der Waals surface area (Å²) < 4.78 is 19.4. The lowest BCUT2D eigenvalue weighted by Gasteiger charge is -2.11. The average Bonchev–Trinajstić information content (AvgIpc) is 2.34. The van der Waals surface area contributed by atoms with E-state index >= 15 is 0 Å². The maximum Gasteiger partial charge on any atom is 0.147 e. The summed E-state index contributed by atoms with van der Waals surface area (Å²) in [6.45, 7) is 3.87. The Kier molecular flexibility index (Phi) is 4.33. The van der Waals surface area contributed by atoms with Crippen LogP contribution in [0.25, 0.3) is 0 Å². The van der Waals surface area contributed by atoms with Gasteiger partial charge < -0.3 is 4.74 Å². The Balaban J connectivity index is 2.29. The summed E-state index contributed by atoms with van der Waals surface area (Å²) >= 11 is 11.9. The molecule has 0 fully saturated rings. The van der Waals surface area contributed by atoms with Gasteiger partial charge in [0.1, 0.15) is 22.3 Å². The van der Waals surface area contributed by atoms with Gasteiger partial charge in [0.25, 0.3) is 0 Å². The Morgan fingerprint density at radius 1 is 1.11 bits per heavy atom. The van der Waals surface area contributed by atoms with E-state index in [9.17, 15) is 4.39 Å². The maximum absolute atomic E-state index is 13.8. The number of benzene rings is 2. The second kappa shape index (κ2) is 5.81. The van der Waals surface area contributed by atoms with Gasteiger partial charge in [-0.15, -0.1) is 0 Å². The number of hydrogen-bond donors (Lipinski definition) is 0. The molecule has 2 aromatic rings. The molecule has 0 spiro atoms. The molecule has 19 heavy (non-hydrogen) atoms. The highest BCUT2D eigenvalue weighted by molar-refractivity contribution is 6.42.